The van der Waals surface area contributed by atoms with E-state index in [9.17, 15) is 9.90 Å². The smallest absolute Gasteiger partial charge is 0.283 e. The summed E-state index contributed by atoms with van der Waals surface area (Å²) in [5, 5.41) is 15.4. The van der Waals surface area contributed by atoms with Gasteiger partial charge in [-0.25, -0.2) is 4.98 Å². The summed E-state index contributed by atoms with van der Waals surface area (Å²) >= 11 is 0. The predicted octanol–water partition coefficient (Wildman–Crippen LogP) is 2.56. The summed E-state index contributed by atoms with van der Waals surface area (Å²) < 4.78 is 0. The first-order chi connectivity index (χ1) is 16.7. The molecule has 4 aliphatic rings. The third-order valence-corrected chi connectivity index (χ3v) is 7.86. The molecule has 1 aromatic heterocycles. The van der Waals surface area contributed by atoms with Crippen molar-refractivity contribution >= 4 is 11.6 Å². The Morgan fingerprint density at radius 3 is 2.85 bits per heavy atom. The quantitative estimate of drug-likeness (QED) is 0.742. The molecule has 1 aliphatic carbocycles. The maximum absolute atomic E-state index is 14.1. The SMILES string of the molecule is O=C(C1NC(c2cnc[nH+]c2)=C2C=CC=CN21)N1CC[C@](O)(c2ccccc2)[C@H]2CCCC[C@H]21. The number of likely N-dealkylation sites (tertiary alicyclic amines) is 1. The minimum absolute atomic E-state index is 0.0329. The largest absolute Gasteiger partial charge is 0.385 e. The number of H-pyrrole nitrogens is 1. The van der Waals surface area contributed by atoms with E-state index in [1.807, 2.05) is 70.8 Å². The first-order valence-corrected chi connectivity index (χ1v) is 12.2. The molecule has 7 nitrogen and oxygen atoms in total. The van der Waals surface area contributed by atoms with Crippen molar-refractivity contribution in [3.05, 3.63) is 90.3 Å². The van der Waals surface area contributed by atoms with Gasteiger partial charge in [0, 0.05) is 24.7 Å². The van der Waals surface area contributed by atoms with E-state index in [0.717, 1.165) is 48.2 Å². The molecule has 2 aromatic rings. The van der Waals surface area contributed by atoms with E-state index in [1.165, 1.54) is 0 Å². The average molecular weight is 457 g/mol. The van der Waals surface area contributed by atoms with Crippen LogP contribution in [0.2, 0.25) is 0 Å². The highest BCUT2D eigenvalue weighted by Gasteiger charge is 2.52. The molecule has 174 valence electrons. The number of rotatable bonds is 3. The summed E-state index contributed by atoms with van der Waals surface area (Å²) in [5.41, 5.74) is 2.84. The zero-order valence-corrected chi connectivity index (χ0v) is 19.1. The molecule has 4 heterocycles. The Labute approximate surface area is 199 Å². The number of hydrogen-bond donors (Lipinski definition) is 2. The summed E-state index contributed by atoms with van der Waals surface area (Å²) in [6.45, 7) is 0.544. The van der Waals surface area contributed by atoms with Crippen LogP contribution >= 0.6 is 0 Å². The van der Waals surface area contributed by atoms with Gasteiger partial charge in [0.05, 0.1) is 22.6 Å². The highest BCUT2D eigenvalue weighted by molar-refractivity contribution is 5.88. The molecule has 0 radical (unpaired) electrons. The summed E-state index contributed by atoms with van der Waals surface area (Å²) in [5.74, 6) is 0.103. The fourth-order valence-electron chi connectivity index (χ4n) is 6.25. The van der Waals surface area contributed by atoms with Crippen LogP contribution in [0.4, 0.5) is 0 Å². The van der Waals surface area contributed by atoms with Crippen LogP contribution in [-0.2, 0) is 10.4 Å². The Bertz CT molecular complexity index is 1160. The lowest BCUT2D eigenvalue weighted by Crippen LogP contribution is -2.62. The molecule has 3 aliphatic heterocycles. The van der Waals surface area contributed by atoms with Crippen LogP contribution in [0.15, 0.2) is 79.2 Å². The molecule has 0 spiro atoms. The molecule has 2 fully saturated rings. The van der Waals surface area contributed by atoms with Crippen LogP contribution in [0.25, 0.3) is 5.70 Å². The highest BCUT2D eigenvalue weighted by atomic mass is 16.3. The van der Waals surface area contributed by atoms with E-state index in [4.69, 9.17) is 0 Å². The number of benzene rings is 1. The van der Waals surface area contributed by atoms with Gasteiger partial charge in [-0.1, -0.05) is 54.2 Å². The fraction of sp³-hybridized carbons (Fsp3) is 0.370. The van der Waals surface area contributed by atoms with Gasteiger partial charge in [0.25, 0.3) is 12.2 Å². The van der Waals surface area contributed by atoms with Gasteiger partial charge in [-0.2, -0.15) is 0 Å². The number of fused-ring (bicyclic) bond motifs is 2. The van der Waals surface area contributed by atoms with Crippen LogP contribution in [-0.4, -0.2) is 44.5 Å². The van der Waals surface area contributed by atoms with E-state index < -0.39 is 11.8 Å². The number of amides is 1. The number of aromatic amines is 1. The predicted molar refractivity (Wildman–Crippen MR) is 127 cm³/mol. The zero-order chi connectivity index (χ0) is 23.1. The second kappa shape index (κ2) is 8.40. The molecule has 1 aromatic carbocycles. The number of nitrogens with one attached hydrogen (secondary N) is 2. The van der Waals surface area contributed by atoms with Gasteiger partial charge in [0.1, 0.15) is 6.20 Å². The summed E-state index contributed by atoms with van der Waals surface area (Å²) in [6, 6.07) is 10.1. The molecule has 34 heavy (non-hydrogen) atoms. The minimum atomic E-state index is -0.889. The molecule has 4 atom stereocenters. The summed E-state index contributed by atoms with van der Waals surface area (Å²) in [7, 11) is 0. The van der Waals surface area contributed by atoms with E-state index >= 15 is 0 Å². The van der Waals surface area contributed by atoms with Gasteiger partial charge >= 0.3 is 0 Å². The number of piperidine rings is 1. The Hall–Kier alpha value is -3.45. The number of hydrogen-bond acceptors (Lipinski definition) is 5. The topological polar surface area (TPSA) is 82.8 Å². The number of aliphatic hydroxyl groups is 1. The summed E-state index contributed by atoms with van der Waals surface area (Å²) in [4.78, 5) is 25.4. The lowest BCUT2D eigenvalue weighted by Gasteiger charge is -2.53. The molecule has 1 amide bonds. The molecule has 3 N–H and O–H groups in total. The van der Waals surface area contributed by atoms with Gasteiger partial charge in [-0.3, -0.25) is 4.79 Å². The van der Waals surface area contributed by atoms with E-state index in [1.54, 1.807) is 12.5 Å². The number of nitrogens with zero attached hydrogens (tertiary/aromatic N) is 3. The minimum Gasteiger partial charge on any atom is -0.385 e. The normalized spacial score (nSPS) is 30.1. The molecular formula is C27H30N5O2+. The third kappa shape index (κ3) is 3.34. The molecule has 6 rings (SSSR count). The molecule has 1 saturated heterocycles. The lowest BCUT2D eigenvalue weighted by molar-refractivity contribution is -0.383. The van der Waals surface area contributed by atoms with Crippen molar-refractivity contribution in [2.75, 3.05) is 6.54 Å². The molecule has 1 unspecified atom stereocenters. The van der Waals surface area contributed by atoms with E-state index in [0.29, 0.717) is 13.0 Å². The van der Waals surface area contributed by atoms with Crippen LogP contribution in [0.3, 0.4) is 0 Å². The van der Waals surface area contributed by atoms with Crippen LogP contribution in [0.1, 0.15) is 43.2 Å². The van der Waals surface area contributed by atoms with Crippen molar-refractivity contribution in [2.24, 2.45) is 5.92 Å². The number of carbonyl (C=O) groups is 1. The van der Waals surface area contributed by atoms with Gasteiger partial charge in [0.2, 0.25) is 0 Å². The zero-order valence-electron chi connectivity index (χ0n) is 19.1. The number of aromatic nitrogens is 2. The molecule has 1 saturated carbocycles. The van der Waals surface area contributed by atoms with Gasteiger partial charge in [-0.05, 0) is 37.0 Å². The van der Waals surface area contributed by atoms with Gasteiger partial charge < -0.3 is 20.2 Å². The van der Waals surface area contributed by atoms with Crippen molar-refractivity contribution < 1.29 is 14.9 Å². The van der Waals surface area contributed by atoms with Crippen molar-refractivity contribution in [2.45, 2.75) is 49.9 Å². The maximum atomic E-state index is 14.1. The molecule has 7 heteroatoms. The first-order valence-electron chi connectivity index (χ1n) is 12.2. The van der Waals surface area contributed by atoms with Gasteiger partial charge in [-0.15, -0.1) is 0 Å². The Morgan fingerprint density at radius 2 is 2.03 bits per heavy atom. The molecular weight excluding hydrogens is 426 g/mol. The fourth-order valence-corrected chi connectivity index (χ4v) is 6.25. The third-order valence-electron chi connectivity index (χ3n) is 7.86. The Morgan fingerprint density at radius 1 is 1.18 bits per heavy atom. The molecule has 0 bridgehead atoms. The maximum Gasteiger partial charge on any atom is 0.283 e. The monoisotopic (exact) mass is 456 g/mol. The van der Waals surface area contributed by atoms with Crippen molar-refractivity contribution in [1.82, 2.24) is 20.1 Å². The number of carbonyl (C=O) groups excluding carboxylic acids is 1. The Kier molecular flexibility index (Phi) is 5.21. The van der Waals surface area contributed by atoms with Crippen LogP contribution in [0.5, 0.6) is 0 Å². The average Bonchev–Trinajstić information content (AvgIpc) is 3.30. The van der Waals surface area contributed by atoms with Crippen molar-refractivity contribution in [3.63, 3.8) is 0 Å². The van der Waals surface area contributed by atoms with Crippen molar-refractivity contribution in [3.8, 4) is 0 Å². The lowest BCUT2D eigenvalue weighted by atomic mass is 9.66. The highest BCUT2D eigenvalue weighted by Crippen LogP contribution is 2.47. The van der Waals surface area contributed by atoms with E-state index in [2.05, 4.69) is 15.3 Å². The van der Waals surface area contributed by atoms with Gasteiger partial charge in [0.15, 0.2) is 12.4 Å². The van der Waals surface area contributed by atoms with Crippen LogP contribution in [0, 0.1) is 5.92 Å². The summed E-state index contributed by atoms with van der Waals surface area (Å²) in [6.07, 6.45) is 17.3. The second-order valence-electron chi connectivity index (χ2n) is 9.62. The standard InChI is InChI=1S/C27H29N5O2/c33-26(25-30-24(19-16-28-18-29-17-19)23-12-6-7-14-31(23)25)32-15-13-27(34,20-8-2-1-3-9-20)21-10-4-5-11-22(21)32/h1-3,6-9,12,14,16-18,21-22,25,30,34H,4-5,10-11,13,15H2/p+1/t21-,22+,25?,27-/m0/s1. The first kappa shape index (κ1) is 21.1. The van der Waals surface area contributed by atoms with Crippen molar-refractivity contribution in [1.29, 1.82) is 0 Å². The van der Waals surface area contributed by atoms with Crippen LogP contribution < -0.4 is 10.3 Å². The van der Waals surface area contributed by atoms with E-state index in [-0.39, 0.29) is 17.9 Å². The second-order valence-corrected chi connectivity index (χ2v) is 9.62. The Balaban J connectivity index is 1.30. The number of allylic oxidation sites excluding steroid dienone is 3.